The van der Waals surface area contributed by atoms with Crippen molar-refractivity contribution in [3.63, 3.8) is 0 Å². The molecule has 42 valence electrons. The van der Waals surface area contributed by atoms with Crippen molar-refractivity contribution in [2.24, 2.45) is 0 Å². The smallest absolute Gasteiger partial charge is 0.0875 e. The van der Waals surface area contributed by atoms with Crippen LogP contribution in [0.1, 0.15) is 13.3 Å². The van der Waals surface area contributed by atoms with Crippen LogP contribution in [0.2, 0.25) is 0 Å². The minimum Gasteiger partial charge on any atom is -0.324 e. The summed E-state index contributed by atoms with van der Waals surface area (Å²) >= 11 is 0. The molecule has 0 aromatic rings. The van der Waals surface area contributed by atoms with Crippen LogP contribution in [0.25, 0.3) is 0 Å². The Morgan fingerprint density at radius 1 is 1.57 bits per heavy atom. The first-order valence-electron chi connectivity index (χ1n) is 2.84. The van der Waals surface area contributed by atoms with Gasteiger partial charge in [-0.2, -0.15) is 0 Å². The second kappa shape index (κ2) is 1.63. The number of hydrogen-bond acceptors (Lipinski definition) is 1. The summed E-state index contributed by atoms with van der Waals surface area (Å²) in [7, 11) is -1.47. The van der Waals surface area contributed by atoms with Gasteiger partial charge in [-0.25, -0.2) is 0 Å². The highest BCUT2D eigenvalue weighted by Gasteiger charge is 2.27. The largest absolute Gasteiger partial charge is 0.324 e. The van der Waals surface area contributed by atoms with Crippen molar-refractivity contribution in [3.05, 3.63) is 0 Å². The molecular weight excluding hydrogens is 107 g/mol. The zero-order valence-corrected chi connectivity index (χ0v) is 5.58. The molecule has 1 aliphatic heterocycles. The Bertz CT molecular complexity index is 92.4. The topological polar surface area (TPSA) is 17.1 Å². The summed E-state index contributed by atoms with van der Waals surface area (Å²) in [5.74, 6) is 0. The number of rotatable bonds is 1. The Morgan fingerprint density at radius 2 is 2.14 bits per heavy atom. The number of hydrogen-bond donors (Lipinski definition) is 0. The lowest BCUT2D eigenvalue weighted by Gasteiger charge is -2.24. The Balaban J connectivity index is 2.45. The summed E-state index contributed by atoms with van der Waals surface area (Å²) in [5.41, 5.74) is 0. The van der Waals surface area contributed by atoms with Gasteiger partial charge >= 0.3 is 0 Å². The highest BCUT2D eigenvalue weighted by atomic mass is 31.2. The van der Waals surface area contributed by atoms with Gasteiger partial charge in [-0.15, -0.1) is 0 Å². The van der Waals surface area contributed by atoms with Gasteiger partial charge in [0.2, 0.25) is 0 Å². The first-order valence-corrected chi connectivity index (χ1v) is 5.10. The van der Waals surface area contributed by atoms with Crippen LogP contribution in [0.5, 0.6) is 0 Å². The lowest BCUT2D eigenvalue weighted by Crippen LogP contribution is -2.09. The van der Waals surface area contributed by atoms with Crippen molar-refractivity contribution in [3.8, 4) is 0 Å². The molecule has 1 aliphatic rings. The molecule has 1 rings (SSSR count). The molecular formula is C5H11OP. The van der Waals surface area contributed by atoms with E-state index >= 15 is 0 Å². The van der Waals surface area contributed by atoms with E-state index in [0.29, 0.717) is 0 Å². The van der Waals surface area contributed by atoms with Crippen LogP contribution >= 0.6 is 7.14 Å². The standard InChI is InChI=1S/C5H11OP/c1-2-7(6)4-3-5-7/h2-5H2,1H3. The third kappa shape index (κ3) is 0.884. The van der Waals surface area contributed by atoms with Crippen LogP contribution in [0.15, 0.2) is 0 Å². The van der Waals surface area contributed by atoms with Gasteiger partial charge in [0.1, 0.15) is 0 Å². The fraction of sp³-hybridized carbons (Fsp3) is 1.00. The summed E-state index contributed by atoms with van der Waals surface area (Å²) < 4.78 is 11.0. The second-order valence-electron chi connectivity index (χ2n) is 2.18. The zero-order chi connectivity index (χ0) is 5.33. The summed E-state index contributed by atoms with van der Waals surface area (Å²) in [4.78, 5) is 0. The van der Waals surface area contributed by atoms with E-state index in [-0.39, 0.29) is 0 Å². The quantitative estimate of drug-likeness (QED) is 0.479. The van der Waals surface area contributed by atoms with E-state index in [1.54, 1.807) is 0 Å². The molecule has 0 radical (unpaired) electrons. The zero-order valence-electron chi connectivity index (χ0n) is 4.68. The second-order valence-corrected chi connectivity index (χ2v) is 5.82. The van der Waals surface area contributed by atoms with Gasteiger partial charge in [0.15, 0.2) is 0 Å². The minimum absolute atomic E-state index is 0.938. The first-order chi connectivity index (χ1) is 3.27. The third-order valence-electron chi connectivity index (χ3n) is 1.71. The Morgan fingerprint density at radius 3 is 2.14 bits per heavy atom. The fourth-order valence-electron chi connectivity index (χ4n) is 0.827. The molecule has 0 spiro atoms. The van der Waals surface area contributed by atoms with Crippen LogP contribution in [0.3, 0.4) is 0 Å². The molecule has 0 aliphatic carbocycles. The van der Waals surface area contributed by atoms with Gasteiger partial charge in [-0.05, 0) is 12.6 Å². The van der Waals surface area contributed by atoms with Gasteiger partial charge < -0.3 is 4.57 Å². The van der Waals surface area contributed by atoms with Gasteiger partial charge in [-0.1, -0.05) is 6.92 Å². The normalized spacial score (nSPS) is 26.4. The molecule has 0 bridgehead atoms. The van der Waals surface area contributed by atoms with Crippen LogP contribution in [0, 0.1) is 0 Å². The summed E-state index contributed by atoms with van der Waals surface area (Å²) in [6, 6.07) is 0. The van der Waals surface area contributed by atoms with Gasteiger partial charge in [-0.3, -0.25) is 0 Å². The maximum Gasteiger partial charge on any atom is 0.0875 e. The third-order valence-corrected chi connectivity index (χ3v) is 5.12. The van der Waals surface area contributed by atoms with E-state index in [0.717, 1.165) is 18.5 Å². The molecule has 0 saturated carbocycles. The molecule has 0 aromatic carbocycles. The maximum absolute atomic E-state index is 11.0. The lowest BCUT2D eigenvalue weighted by atomic mass is 10.5. The molecule has 7 heavy (non-hydrogen) atoms. The van der Waals surface area contributed by atoms with Gasteiger partial charge in [0.05, 0.1) is 7.14 Å². The van der Waals surface area contributed by atoms with Crippen molar-refractivity contribution < 1.29 is 4.57 Å². The van der Waals surface area contributed by atoms with Crippen molar-refractivity contribution in [2.45, 2.75) is 13.3 Å². The van der Waals surface area contributed by atoms with Crippen molar-refractivity contribution in [1.29, 1.82) is 0 Å². The molecule has 0 aromatic heterocycles. The summed E-state index contributed by atoms with van der Waals surface area (Å²) in [6.07, 6.45) is 4.21. The van der Waals surface area contributed by atoms with Crippen molar-refractivity contribution in [1.82, 2.24) is 0 Å². The van der Waals surface area contributed by atoms with Crippen LogP contribution in [-0.4, -0.2) is 18.5 Å². The van der Waals surface area contributed by atoms with E-state index in [1.807, 2.05) is 6.92 Å². The molecule has 0 N–H and O–H groups in total. The Hall–Kier alpha value is 0.230. The predicted molar refractivity (Wildman–Crippen MR) is 32.5 cm³/mol. The highest BCUT2D eigenvalue weighted by molar-refractivity contribution is 7.65. The van der Waals surface area contributed by atoms with E-state index in [1.165, 1.54) is 6.42 Å². The molecule has 1 heterocycles. The monoisotopic (exact) mass is 118 g/mol. The highest BCUT2D eigenvalue weighted by Crippen LogP contribution is 2.54. The van der Waals surface area contributed by atoms with Gasteiger partial charge in [0, 0.05) is 12.3 Å². The van der Waals surface area contributed by atoms with Gasteiger partial charge in [0.25, 0.3) is 0 Å². The molecule has 2 heteroatoms. The summed E-state index contributed by atoms with van der Waals surface area (Å²) in [6.45, 7) is 2.03. The Labute approximate surface area is 44.5 Å². The first kappa shape index (κ1) is 5.37. The molecule has 0 amide bonds. The Kier molecular flexibility index (Phi) is 1.25. The van der Waals surface area contributed by atoms with Crippen LogP contribution < -0.4 is 0 Å². The molecule has 1 nitrogen and oxygen atoms in total. The molecule has 0 unspecified atom stereocenters. The SMILES string of the molecule is CCP1(=O)CCC1. The molecule has 1 saturated heterocycles. The van der Waals surface area contributed by atoms with E-state index in [4.69, 9.17) is 0 Å². The maximum atomic E-state index is 11.0. The fourth-order valence-corrected chi connectivity index (χ4v) is 2.48. The predicted octanol–water partition coefficient (Wildman–Crippen LogP) is 1.77. The van der Waals surface area contributed by atoms with E-state index in [9.17, 15) is 4.57 Å². The van der Waals surface area contributed by atoms with Crippen LogP contribution in [0.4, 0.5) is 0 Å². The average molecular weight is 118 g/mol. The molecule has 0 atom stereocenters. The van der Waals surface area contributed by atoms with Crippen molar-refractivity contribution in [2.75, 3.05) is 18.5 Å². The average Bonchev–Trinajstić information content (AvgIpc) is 1.61. The minimum atomic E-state index is -1.47. The molecule has 1 fully saturated rings. The van der Waals surface area contributed by atoms with Crippen LogP contribution in [-0.2, 0) is 4.57 Å². The lowest BCUT2D eigenvalue weighted by molar-refractivity contribution is 0.563. The summed E-state index contributed by atoms with van der Waals surface area (Å²) in [5, 5.41) is 0. The van der Waals surface area contributed by atoms with E-state index < -0.39 is 7.14 Å². The van der Waals surface area contributed by atoms with E-state index in [2.05, 4.69) is 0 Å². The van der Waals surface area contributed by atoms with Crippen molar-refractivity contribution >= 4 is 7.14 Å².